The minimum absolute atomic E-state index is 0.0305. The Bertz CT molecular complexity index is 821. The SMILES string of the molecule is Cc1ccc(S(=O)(=O)OC[C@@H](O)CCNC(=O)OCc2ccccc2)cc1. The highest BCUT2D eigenvalue weighted by molar-refractivity contribution is 7.86. The van der Waals surface area contributed by atoms with E-state index in [-0.39, 0.29) is 24.5 Å². The first-order valence-electron chi connectivity index (χ1n) is 8.45. The van der Waals surface area contributed by atoms with Crippen molar-refractivity contribution < 1.29 is 27.2 Å². The number of nitrogens with one attached hydrogen (secondary N) is 1. The van der Waals surface area contributed by atoms with E-state index in [1.165, 1.54) is 12.1 Å². The predicted octanol–water partition coefficient (Wildman–Crippen LogP) is 2.38. The topological polar surface area (TPSA) is 102 Å². The Morgan fingerprint density at radius 1 is 1.11 bits per heavy atom. The molecule has 0 radical (unpaired) electrons. The van der Waals surface area contributed by atoms with Gasteiger partial charge in [-0.25, -0.2) is 4.79 Å². The number of alkyl carbamates (subject to hydrolysis) is 1. The molecule has 0 aliphatic rings. The standard InChI is InChI=1S/C19H23NO6S/c1-15-7-9-18(10-8-15)27(23,24)26-14-17(21)11-12-20-19(22)25-13-16-5-3-2-4-6-16/h2-10,17,21H,11-14H2,1H3,(H,20,22)/t17-/m0/s1. The number of carbonyl (C=O) groups excluding carboxylic acids is 1. The van der Waals surface area contributed by atoms with Crippen molar-refractivity contribution in [1.29, 1.82) is 0 Å². The van der Waals surface area contributed by atoms with Crippen molar-refractivity contribution in [3.8, 4) is 0 Å². The number of rotatable bonds is 9. The minimum atomic E-state index is -3.92. The highest BCUT2D eigenvalue weighted by atomic mass is 32.2. The molecule has 2 aromatic rings. The van der Waals surface area contributed by atoms with Crippen LogP contribution in [0, 0.1) is 6.92 Å². The van der Waals surface area contributed by atoms with E-state index in [1.807, 2.05) is 37.3 Å². The normalized spacial score (nSPS) is 12.4. The van der Waals surface area contributed by atoms with Crippen LogP contribution in [0.15, 0.2) is 59.5 Å². The lowest BCUT2D eigenvalue weighted by Gasteiger charge is -2.12. The minimum Gasteiger partial charge on any atom is -0.445 e. The van der Waals surface area contributed by atoms with Gasteiger partial charge in [-0.15, -0.1) is 0 Å². The molecule has 7 nitrogen and oxygen atoms in total. The Balaban J connectivity index is 1.66. The number of aryl methyl sites for hydroxylation is 1. The third-order valence-corrected chi connectivity index (χ3v) is 4.98. The van der Waals surface area contributed by atoms with E-state index in [4.69, 9.17) is 8.92 Å². The zero-order chi connectivity index (χ0) is 19.7. The Hall–Kier alpha value is -2.42. The Morgan fingerprint density at radius 2 is 1.78 bits per heavy atom. The molecule has 0 fully saturated rings. The average molecular weight is 393 g/mol. The fourth-order valence-corrected chi connectivity index (χ4v) is 3.08. The van der Waals surface area contributed by atoms with E-state index in [0.29, 0.717) is 0 Å². The van der Waals surface area contributed by atoms with E-state index in [0.717, 1.165) is 11.1 Å². The van der Waals surface area contributed by atoms with E-state index < -0.39 is 28.9 Å². The Morgan fingerprint density at radius 3 is 2.44 bits per heavy atom. The molecule has 8 heteroatoms. The fourth-order valence-electron chi connectivity index (χ4n) is 2.14. The highest BCUT2D eigenvalue weighted by Crippen LogP contribution is 2.13. The van der Waals surface area contributed by atoms with Crippen LogP contribution in [0.4, 0.5) is 4.79 Å². The first kappa shape index (κ1) is 20.9. The number of hydrogen-bond acceptors (Lipinski definition) is 6. The van der Waals surface area contributed by atoms with Crippen LogP contribution < -0.4 is 5.32 Å². The van der Waals surface area contributed by atoms with Crippen molar-refractivity contribution in [3.05, 3.63) is 65.7 Å². The molecular weight excluding hydrogens is 370 g/mol. The zero-order valence-electron chi connectivity index (χ0n) is 15.0. The van der Waals surface area contributed by atoms with Gasteiger partial charge in [-0.1, -0.05) is 48.0 Å². The smallest absolute Gasteiger partial charge is 0.407 e. The predicted molar refractivity (Wildman–Crippen MR) is 99.6 cm³/mol. The van der Waals surface area contributed by atoms with Crippen LogP contribution in [-0.2, 0) is 25.6 Å². The van der Waals surface area contributed by atoms with Gasteiger partial charge in [0.1, 0.15) is 6.61 Å². The molecule has 0 saturated heterocycles. The second-order valence-electron chi connectivity index (χ2n) is 5.98. The zero-order valence-corrected chi connectivity index (χ0v) is 15.8. The summed E-state index contributed by atoms with van der Waals surface area (Å²) in [6.45, 7) is 1.73. The monoisotopic (exact) mass is 393 g/mol. The van der Waals surface area contributed by atoms with E-state index in [2.05, 4.69) is 5.32 Å². The molecule has 0 unspecified atom stereocenters. The van der Waals surface area contributed by atoms with Crippen molar-refractivity contribution in [2.75, 3.05) is 13.2 Å². The van der Waals surface area contributed by atoms with E-state index in [1.54, 1.807) is 12.1 Å². The van der Waals surface area contributed by atoms with Crippen LogP contribution in [0.2, 0.25) is 0 Å². The van der Waals surface area contributed by atoms with Crippen molar-refractivity contribution >= 4 is 16.2 Å². The summed E-state index contributed by atoms with van der Waals surface area (Å²) >= 11 is 0. The molecule has 1 amide bonds. The van der Waals surface area contributed by atoms with Gasteiger partial charge in [0.25, 0.3) is 10.1 Å². The summed E-state index contributed by atoms with van der Waals surface area (Å²) in [5, 5.41) is 12.3. The number of hydrogen-bond donors (Lipinski definition) is 2. The van der Waals surface area contributed by atoms with Crippen LogP contribution in [-0.4, -0.2) is 38.9 Å². The number of amides is 1. The average Bonchev–Trinajstić information content (AvgIpc) is 2.66. The van der Waals surface area contributed by atoms with E-state index >= 15 is 0 Å². The maximum absolute atomic E-state index is 12.0. The summed E-state index contributed by atoms with van der Waals surface area (Å²) in [5.41, 5.74) is 1.79. The summed E-state index contributed by atoms with van der Waals surface area (Å²) in [6.07, 6.45) is -1.52. The Kier molecular flexibility index (Phi) is 7.78. The van der Waals surface area contributed by atoms with Gasteiger partial charge in [-0.2, -0.15) is 8.42 Å². The summed E-state index contributed by atoms with van der Waals surface area (Å²) in [7, 11) is -3.92. The van der Waals surface area contributed by atoms with Crippen LogP contribution in [0.3, 0.4) is 0 Å². The molecule has 0 spiro atoms. The third kappa shape index (κ3) is 7.38. The molecule has 0 aromatic heterocycles. The van der Waals surface area contributed by atoms with Crippen molar-refractivity contribution in [3.63, 3.8) is 0 Å². The summed E-state index contributed by atoms with van der Waals surface area (Å²) in [6, 6.07) is 15.4. The van der Waals surface area contributed by atoms with E-state index in [9.17, 15) is 18.3 Å². The van der Waals surface area contributed by atoms with Gasteiger partial charge in [0, 0.05) is 6.54 Å². The lowest BCUT2D eigenvalue weighted by Crippen LogP contribution is -2.29. The van der Waals surface area contributed by atoms with Gasteiger partial charge in [0.15, 0.2) is 0 Å². The molecule has 0 aliphatic carbocycles. The fraction of sp³-hybridized carbons (Fsp3) is 0.316. The van der Waals surface area contributed by atoms with Gasteiger partial charge in [0.05, 0.1) is 17.6 Å². The number of ether oxygens (including phenoxy) is 1. The molecule has 0 saturated carbocycles. The van der Waals surface area contributed by atoms with Gasteiger partial charge in [-0.05, 0) is 31.0 Å². The largest absolute Gasteiger partial charge is 0.445 e. The van der Waals surface area contributed by atoms with Gasteiger partial charge in [-0.3, -0.25) is 4.18 Å². The molecule has 1 atom stereocenters. The summed E-state index contributed by atoms with van der Waals surface area (Å²) in [5.74, 6) is 0. The van der Waals surface area contributed by atoms with Crippen molar-refractivity contribution in [2.45, 2.75) is 31.0 Å². The lowest BCUT2D eigenvalue weighted by atomic mass is 10.2. The quantitative estimate of drug-likeness (QED) is 0.634. The highest BCUT2D eigenvalue weighted by Gasteiger charge is 2.17. The van der Waals surface area contributed by atoms with Crippen LogP contribution in [0.25, 0.3) is 0 Å². The second-order valence-corrected chi connectivity index (χ2v) is 7.60. The summed E-state index contributed by atoms with van der Waals surface area (Å²) in [4.78, 5) is 11.6. The first-order chi connectivity index (χ1) is 12.9. The molecule has 2 N–H and O–H groups in total. The van der Waals surface area contributed by atoms with Crippen LogP contribution >= 0.6 is 0 Å². The van der Waals surface area contributed by atoms with Gasteiger partial charge >= 0.3 is 6.09 Å². The third-order valence-electron chi connectivity index (χ3n) is 3.68. The second kappa shape index (κ2) is 10.1. The van der Waals surface area contributed by atoms with Crippen LogP contribution in [0.5, 0.6) is 0 Å². The van der Waals surface area contributed by atoms with Crippen LogP contribution in [0.1, 0.15) is 17.5 Å². The molecule has 146 valence electrons. The number of carbonyl (C=O) groups is 1. The Labute approximate surface area is 159 Å². The van der Waals surface area contributed by atoms with Crippen molar-refractivity contribution in [1.82, 2.24) is 5.32 Å². The number of aliphatic hydroxyl groups is 1. The molecular formula is C19H23NO6S. The molecule has 2 aromatic carbocycles. The van der Waals surface area contributed by atoms with Gasteiger partial charge in [0.2, 0.25) is 0 Å². The van der Waals surface area contributed by atoms with Gasteiger partial charge < -0.3 is 15.2 Å². The molecule has 27 heavy (non-hydrogen) atoms. The lowest BCUT2D eigenvalue weighted by molar-refractivity contribution is 0.0999. The maximum Gasteiger partial charge on any atom is 0.407 e. The number of aliphatic hydroxyl groups excluding tert-OH is 1. The molecule has 2 rings (SSSR count). The first-order valence-corrected chi connectivity index (χ1v) is 9.86. The maximum atomic E-state index is 12.0. The molecule has 0 bridgehead atoms. The number of benzene rings is 2. The summed E-state index contributed by atoms with van der Waals surface area (Å²) < 4.78 is 33.9. The molecule has 0 heterocycles. The molecule has 0 aliphatic heterocycles. The van der Waals surface area contributed by atoms with Crippen molar-refractivity contribution in [2.24, 2.45) is 0 Å².